The number of nitrogens with zero attached hydrogens (tertiary/aromatic N) is 2. The number of imidazole rings is 1. The van der Waals surface area contributed by atoms with E-state index >= 15 is 0 Å². The molecular weight excluding hydrogens is 164 g/mol. The van der Waals surface area contributed by atoms with E-state index < -0.39 is 0 Å². The predicted octanol–water partition coefficient (Wildman–Crippen LogP) is 1.44. The Morgan fingerprint density at radius 1 is 1.46 bits per heavy atom. The summed E-state index contributed by atoms with van der Waals surface area (Å²) in [5.41, 5.74) is 1.17. The van der Waals surface area contributed by atoms with E-state index in [1.807, 2.05) is 17.8 Å². The lowest BCUT2D eigenvalue weighted by atomic mass is 9.84. The molecule has 0 saturated heterocycles. The van der Waals surface area contributed by atoms with Gasteiger partial charge in [0.2, 0.25) is 0 Å². The molecule has 72 valence electrons. The quantitative estimate of drug-likeness (QED) is 0.710. The molecule has 0 aromatic carbocycles. The van der Waals surface area contributed by atoms with E-state index in [4.69, 9.17) is 0 Å². The molecule has 0 unspecified atom stereocenters. The summed E-state index contributed by atoms with van der Waals surface area (Å²) >= 11 is 0. The maximum absolute atomic E-state index is 9.82. The number of hydrogen-bond acceptors (Lipinski definition) is 2. The van der Waals surface area contributed by atoms with Crippen molar-refractivity contribution in [3.8, 4) is 0 Å². The minimum atomic E-state index is -0.163. The molecule has 2 rings (SSSR count). The van der Waals surface area contributed by atoms with E-state index in [-0.39, 0.29) is 6.10 Å². The van der Waals surface area contributed by atoms with Crippen LogP contribution in [0.5, 0.6) is 0 Å². The molecule has 3 heteroatoms. The zero-order chi connectivity index (χ0) is 9.26. The zero-order valence-corrected chi connectivity index (χ0v) is 7.98. The third kappa shape index (κ3) is 1.61. The molecule has 0 aliphatic heterocycles. The Kier molecular flexibility index (Phi) is 2.36. The number of hydrogen-bond donors (Lipinski definition) is 1. The van der Waals surface area contributed by atoms with Crippen molar-refractivity contribution in [1.82, 2.24) is 9.55 Å². The Morgan fingerprint density at radius 2 is 2.23 bits per heavy atom. The summed E-state index contributed by atoms with van der Waals surface area (Å²) in [6, 6.07) is 0. The number of rotatable bonds is 1. The predicted molar refractivity (Wildman–Crippen MR) is 50.4 cm³/mol. The first-order chi connectivity index (χ1) is 6.29. The lowest BCUT2D eigenvalue weighted by Crippen LogP contribution is -2.24. The summed E-state index contributed by atoms with van der Waals surface area (Å²) in [6.07, 6.45) is 7.94. The van der Waals surface area contributed by atoms with E-state index in [0.29, 0.717) is 5.92 Å². The third-order valence-corrected chi connectivity index (χ3v) is 2.96. The molecule has 2 atom stereocenters. The zero-order valence-electron chi connectivity index (χ0n) is 7.98. The molecule has 1 N–H and O–H groups in total. The van der Waals surface area contributed by atoms with Gasteiger partial charge >= 0.3 is 0 Å². The standard InChI is InChI=1S/C10H16N2O/c1-12-7-11-6-9(12)8-4-2-3-5-10(8)13/h6-8,10,13H,2-5H2,1H3/t8-,10+/m1/s1. The second-order valence-corrected chi connectivity index (χ2v) is 3.89. The lowest BCUT2D eigenvalue weighted by molar-refractivity contribution is 0.103. The van der Waals surface area contributed by atoms with Crippen LogP contribution in [0.3, 0.4) is 0 Å². The largest absolute Gasteiger partial charge is 0.392 e. The molecule has 0 amide bonds. The van der Waals surface area contributed by atoms with Gasteiger partial charge in [-0.05, 0) is 12.8 Å². The van der Waals surface area contributed by atoms with Gasteiger partial charge in [0.15, 0.2) is 0 Å². The van der Waals surface area contributed by atoms with Crippen molar-refractivity contribution in [3.05, 3.63) is 18.2 Å². The van der Waals surface area contributed by atoms with Crippen LogP contribution in [0.2, 0.25) is 0 Å². The number of aromatic nitrogens is 2. The second-order valence-electron chi connectivity index (χ2n) is 3.89. The van der Waals surface area contributed by atoms with Gasteiger partial charge in [0.05, 0.1) is 12.4 Å². The molecule has 1 heterocycles. The third-order valence-electron chi connectivity index (χ3n) is 2.96. The van der Waals surface area contributed by atoms with E-state index in [0.717, 1.165) is 19.3 Å². The van der Waals surface area contributed by atoms with Crippen LogP contribution in [0.4, 0.5) is 0 Å². The van der Waals surface area contributed by atoms with Gasteiger partial charge in [-0.3, -0.25) is 0 Å². The first-order valence-corrected chi connectivity index (χ1v) is 4.93. The molecule has 1 saturated carbocycles. The fourth-order valence-corrected chi connectivity index (χ4v) is 2.18. The van der Waals surface area contributed by atoms with Gasteiger partial charge in [0, 0.05) is 24.9 Å². The van der Waals surface area contributed by atoms with Crippen LogP contribution in [-0.2, 0) is 7.05 Å². The van der Waals surface area contributed by atoms with Gasteiger partial charge in [0.25, 0.3) is 0 Å². The maximum Gasteiger partial charge on any atom is 0.0945 e. The summed E-state index contributed by atoms with van der Waals surface area (Å²) in [6.45, 7) is 0. The van der Waals surface area contributed by atoms with Crippen LogP contribution in [0.1, 0.15) is 37.3 Å². The molecule has 1 aliphatic rings. The molecule has 1 fully saturated rings. The molecule has 0 bridgehead atoms. The smallest absolute Gasteiger partial charge is 0.0945 e. The molecule has 3 nitrogen and oxygen atoms in total. The molecule has 0 spiro atoms. The average Bonchev–Trinajstić information content (AvgIpc) is 2.52. The summed E-state index contributed by atoms with van der Waals surface area (Å²) in [4.78, 5) is 4.08. The van der Waals surface area contributed by atoms with Gasteiger partial charge in [0.1, 0.15) is 0 Å². The highest BCUT2D eigenvalue weighted by Gasteiger charge is 2.26. The Hall–Kier alpha value is -0.830. The van der Waals surface area contributed by atoms with Gasteiger partial charge in [-0.25, -0.2) is 4.98 Å². The molecule has 1 aromatic rings. The Morgan fingerprint density at radius 3 is 2.85 bits per heavy atom. The molecular formula is C10H16N2O. The highest BCUT2D eigenvalue weighted by atomic mass is 16.3. The van der Waals surface area contributed by atoms with Crippen LogP contribution < -0.4 is 0 Å². The van der Waals surface area contributed by atoms with Crippen LogP contribution >= 0.6 is 0 Å². The van der Waals surface area contributed by atoms with Gasteiger partial charge in [-0.2, -0.15) is 0 Å². The molecule has 0 radical (unpaired) electrons. The minimum Gasteiger partial charge on any atom is -0.392 e. The van der Waals surface area contributed by atoms with Gasteiger partial charge in [-0.1, -0.05) is 12.8 Å². The highest BCUT2D eigenvalue weighted by molar-refractivity contribution is 5.09. The van der Waals surface area contributed by atoms with Crippen LogP contribution in [-0.4, -0.2) is 20.8 Å². The van der Waals surface area contributed by atoms with E-state index in [1.165, 1.54) is 12.1 Å². The lowest BCUT2D eigenvalue weighted by Gasteiger charge is -2.27. The molecule has 1 aromatic heterocycles. The fourth-order valence-electron chi connectivity index (χ4n) is 2.18. The summed E-state index contributed by atoms with van der Waals surface area (Å²) in [5, 5.41) is 9.82. The van der Waals surface area contributed by atoms with Crippen molar-refractivity contribution >= 4 is 0 Å². The number of aliphatic hydroxyl groups is 1. The van der Waals surface area contributed by atoms with Crippen molar-refractivity contribution in [2.24, 2.45) is 7.05 Å². The van der Waals surface area contributed by atoms with Crippen molar-refractivity contribution in [2.75, 3.05) is 0 Å². The summed E-state index contributed by atoms with van der Waals surface area (Å²) < 4.78 is 2.01. The SMILES string of the molecule is Cn1cncc1[C@H]1CCCC[C@@H]1O. The second kappa shape index (κ2) is 3.50. The number of aliphatic hydroxyl groups excluding tert-OH is 1. The molecule has 13 heavy (non-hydrogen) atoms. The van der Waals surface area contributed by atoms with Crippen molar-refractivity contribution in [2.45, 2.75) is 37.7 Å². The van der Waals surface area contributed by atoms with E-state index in [9.17, 15) is 5.11 Å². The van der Waals surface area contributed by atoms with E-state index in [1.54, 1.807) is 6.33 Å². The minimum absolute atomic E-state index is 0.163. The Balaban J connectivity index is 2.19. The first kappa shape index (κ1) is 8.75. The van der Waals surface area contributed by atoms with E-state index in [2.05, 4.69) is 4.98 Å². The normalized spacial score (nSPS) is 29.1. The van der Waals surface area contributed by atoms with Crippen LogP contribution in [0.25, 0.3) is 0 Å². The Labute approximate surface area is 78.4 Å². The van der Waals surface area contributed by atoms with Crippen molar-refractivity contribution < 1.29 is 5.11 Å². The Bertz CT molecular complexity index is 282. The van der Waals surface area contributed by atoms with Crippen molar-refractivity contribution in [3.63, 3.8) is 0 Å². The summed E-state index contributed by atoms with van der Waals surface area (Å²) in [7, 11) is 1.99. The first-order valence-electron chi connectivity index (χ1n) is 4.93. The fraction of sp³-hybridized carbons (Fsp3) is 0.700. The average molecular weight is 180 g/mol. The van der Waals surface area contributed by atoms with Crippen molar-refractivity contribution in [1.29, 1.82) is 0 Å². The monoisotopic (exact) mass is 180 g/mol. The van der Waals surface area contributed by atoms with Gasteiger partial charge < -0.3 is 9.67 Å². The van der Waals surface area contributed by atoms with Crippen LogP contribution in [0, 0.1) is 0 Å². The highest BCUT2D eigenvalue weighted by Crippen LogP contribution is 2.32. The maximum atomic E-state index is 9.82. The number of aryl methyl sites for hydroxylation is 1. The topological polar surface area (TPSA) is 38.0 Å². The van der Waals surface area contributed by atoms with Gasteiger partial charge in [-0.15, -0.1) is 0 Å². The molecule has 1 aliphatic carbocycles. The van der Waals surface area contributed by atoms with Crippen LogP contribution in [0.15, 0.2) is 12.5 Å². The summed E-state index contributed by atoms with van der Waals surface area (Å²) in [5.74, 6) is 0.307.